The summed E-state index contributed by atoms with van der Waals surface area (Å²) in [6, 6.07) is 5.68. The highest BCUT2D eigenvalue weighted by atomic mass is 16.5. The molecule has 1 aliphatic rings. The lowest BCUT2D eigenvalue weighted by Crippen LogP contribution is -2.02. The van der Waals surface area contributed by atoms with Gasteiger partial charge in [-0.25, -0.2) is 0 Å². The molecule has 0 aromatic heterocycles. The average Bonchev–Trinajstić information content (AvgIpc) is 2.46. The van der Waals surface area contributed by atoms with E-state index in [2.05, 4.69) is 0 Å². The predicted octanol–water partition coefficient (Wildman–Crippen LogP) is 2.64. The van der Waals surface area contributed by atoms with Crippen LogP contribution in [0.4, 0.5) is 0 Å². The number of ketones is 1. The lowest BCUT2D eigenvalue weighted by atomic mass is 10.0. The predicted molar refractivity (Wildman–Crippen MR) is 70.7 cm³/mol. The third-order valence-corrected chi connectivity index (χ3v) is 3.23. The van der Waals surface area contributed by atoms with Crippen LogP contribution in [0.5, 0.6) is 28.7 Å². The molecule has 1 aliphatic heterocycles. The first-order chi connectivity index (χ1) is 9.45. The molecule has 102 valence electrons. The number of fused-ring (bicyclic) bond motifs is 2. The Morgan fingerprint density at radius 1 is 0.950 bits per heavy atom. The summed E-state index contributed by atoms with van der Waals surface area (Å²) in [5.41, 5.74) is 1.32. The highest BCUT2D eigenvalue weighted by Crippen LogP contribution is 2.42. The van der Waals surface area contributed by atoms with E-state index in [1.807, 2.05) is 0 Å². The molecule has 3 N–H and O–H groups in total. The molecule has 0 unspecified atom stereocenters. The summed E-state index contributed by atoms with van der Waals surface area (Å²) in [5.74, 6) is -0.538. The van der Waals surface area contributed by atoms with Gasteiger partial charge in [0.25, 0.3) is 0 Å². The molecule has 1 heterocycles. The van der Waals surface area contributed by atoms with Gasteiger partial charge in [0.15, 0.2) is 17.3 Å². The molecule has 0 saturated carbocycles. The zero-order chi connectivity index (χ0) is 14.4. The maximum Gasteiger partial charge on any atom is 0.174 e. The SMILES string of the molecule is Cc1cc(O)c2c(c1)Oc1cc(O)c(O)cc1CC2=O. The van der Waals surface area contributed by atoms with Crippen molar-refractivity contribution in [3.63, 3.8) is 0 Å². The molecule has 0 fully saturated rings. The van der Waals surface area contributed by atoms with Gasteiger partial charge in [-0.05, 0) is 30.7 Å². The Labute approximate surface area is 114 Å². The Bertz CT molecular complexity index is 734. The van der Waals surface area contributed by atoms with Crippen LogP contribution >= 0.6 is 0 Å². The molecule has 0 spiro atoms. The molecule has 0 bridgehead atoms. The maximum atomic E-state index is 12.2. The number of hydrogen-bond acceptors (Lipinski definition) is 5. The molecule has 5 nitrogen and oxygen atoms in total. The highest BCUT2D eigenvalue weighted by molar-refractivity contribution is 6.03. The van der Waals surface area contributed by atoms with E-state index in [-0.39, 0.29) is 46.5 Å². The summed E-state index contributed by atoms with van der Waals surface area (Å²) < 4.78 is 5.62. The summed E-state index contributed by atoms with van der Waals surface area (Å²) >= 11 is 0. The van der Waals surface area contributed by atoms with Crippen molar-refractivity contribution in [2.75, 3.05) is 0 Å². The van der Waals surface area contributed by atoms with Crippen molar-refractivity contribution in [2.24, 2.45) is 0 Å². The summed E-state index contributed by atoms with van der Waals surface area (Å²) in [6.07, 6.45) is -0.0210. The van der Waals surface area contributed by atoms with Gasteiger partial charge in [0.2, 0.25) is 0 Å². The molecular formula is C15H12O5. The largest absolute Gasteiger partial charge is 0.507 e. The van der Waals surface area contributed by atoms with Crippen LogP contribution in [0.3, 0.4) is 0 Å². The van der Waals surface area contributed by atoms with Gasteiger partial charge in [-0.3, -0.25) is 4.79 Å². The van der Waals surface area contributed by atoms with Crippen molar-refractivity contribution in [1.82, 2.24) is 0 Å². The second-order valence-corrected chi connectivity index (χ2v) is 4.81. The van der Waals surface area contributed by atoms with Crippen LogP contribution in [0.2, 0.25) is 0 Å². The first-order valence-corrected chi connectivity index (χ1v) is 6.05. The van der Waals surface area contributed by atoms with Crippen LogP contribution in [0.25, 0.3) is 0 Å². The van der Waals surface area contributed by atoms with Gasteiger partial charge in [-0.2, -0.15) is 0 Å². The van der Waals surface area contributed by atoms with E-state index in [1.54, 1.807) is 13.0 Å². The zero-order valence-corrected chi connectivity index (χ0v) is 10.7. The topological polar surface area (TPSA) is 87.0 Å². The Hall–Kier alpha value is -2.69. The smallest absolute Gasteiger partial charge is 0.174 e. The number of ether oxygens (including phenoxy) is 1. The van der Waals surface area contributed by atoms with Gasteiger partial charge in [0.1, 0.15) is 22.8 Å². The minimum atomic E-state index is -0.323. The lowest BCUT2D eigenvalue weighted by Gasteiger charge is -2.10. The number of Topliss-reactive ketones (excluding diaryl/α,β-unsaturated/α-hetero) is 1. The minimum Gasteiger partial charge on any atom is -0.507 e. The minimum absolute atomic E-state index is 0.0210. The molecular weight excluding hydrogens is 260 g/mol. The van der Waals surface area contributed by atoms with Gasteiger partial charge >= 0.3 is 0 Å². The van der Waals surface area contributed by atoms with Gasteiger partial charge < -0.3 is 20.1 Å². The van der Waals surface area contributed by atoms with Crippen LogP contribution < -0.4 is 4.74 Å². The molecule has 0 amide bonds. The van der Waals surface area contributed by atoms with E-state index in [0.717, 1.165) is 5.56 Å². The van der Waals surface area contributed by atoms with Crippen molar-refractivity contribution >= 4 is 5.78 Å². The van der Waals surface area contributed by atoms with Crippen LogP contribution in [0.1, 0.15) is 21.5 Å². The Morgan fingerprint density at radius 2 is 1.65 bits per heavy atom. The second-order valence-electron chi connectivity index (χ2n) is 4.81. The van der Waals surface area contributed by atoms with Crippen molar-refractivity contribution in [2.45, 2.75) is 13.3 Å². The van der Waals surface area contributed by atoms with Gasteiger partial charge in [-0.15, -0.1) is 0 Å². The van der Waals surface area contributed by atoms with Crippen LogP contribution in [-0.2, 0) is 6.42 Å². The normalized spacial score (nSPS) is 13.2. The Kier molecular flexibility index (Phi) is 2.57. The number of hydrogen-bond donors (Lipinski definition) is 3. The number of carbonyl (C=O) groups is 1. The monoisotopic (exact) mass is 272 g/mol. The van der Waals surface area contributed by atoms with Crippen molar-refractivity contribution in [1.29, 1.82) is 0 Å². The van der Waals surface area contributed by atoms with Gasteiger partial charge in [-0.1, -0.05) is 0 Å². The first-order valence-electron chi connectivity index (χ1n) is 6.05. The third-order valence-electron chi connectivity index (χ3n) is 3.23. The lowest BCUT2D eigenvalue weighted by molar-refractivity contribution is 0.0991. The highest BCUT2D eigenvalue weighted by Gasteiger charge is 2.25. The number of carbonyl (C=O) groups excluding carboxylic acids is 1. The summed E-state index contributed by atoms with van der Waals surface area (Å²) in [4.78, 5) is 12.2. The van der Waals surface area contributed by atoms with E-state index in [1.165, 1.54) is 18.2 Å². The number of aromatic hydroxyl groups is 3. The van der Waals surface area contributed by atoms with Crippen molar-refractivity contribution in [3.05, 3.63) is 41.0 Å². The van der Waals surface area contributed by atoms with Crippen molar-refractivity contribution < 1.29 is 24.9 Å². The van der Waals surface area contributed by atoms with E-state index < -0.39 is 0 Å². The average molecular weight is 272 g/mol. The maximum absolute atomic E-state index is 12.2. The molecule has 0 radical (unpaired) electrons. The number of aryl methyl sites for hydroxylation is 1. The second kappa shape index (κ2) is 4.16. The summed E-state index contributed by atoms with van der Waals surface area (Å²) in [7, 11) is 0. The zero-order valence-electron chi connectivity index (χ0n) is 10.7. The fourth-order valence-corrected chi connectivity index (χ4v) is 2.31. The Balaban J connectivity index is 2.22. The summed E-state index contributed by atoms with van der Waals surface area (Å²) in [5, 5.41) is 28.9. The number of phenols is 3. The third kappa shape index (κ3) is 1.84. The van der Waals surface area contributed by atoms with Crippen LogP contribution in [0.15, 0.2) is 24.3 Å². The quantitative estimate of drug-likeness (QED) is 0.642. The molecule has 20 heavy (non-hydrogen) atoms. The molecule has 2 aromatic carbocycles. The van der Waals surface area contributed by atoms with E-state index in [4.69, 9.17) is 4.74 Å². The molecule has 0 atom stereocenters. The molecule has 3 rings (SSSR count). The molecule has 2 aromatic rings. The molecule has 0 saturated heterocycles. The Morgan fingerprint density at radius 3 is 2.40 bits per heavy atom. The molecule has 5 heteroatoms. The van der Waals surface area contributed by atoms with E-state index in [9.17, 15) is 20.1 Å². The van der Waals surface area contributed by atoms with E-state index >= 15 is 0 Å². The van der Waals surface area contributed by atoms with E-state index in [0.29, 0.717) is 5.56 Å². The van der Waals surface area contributed by atoms with Crippen LogP contribution in [0, 0.1) is 6.92 Å². The number of rotatable bonds is 0. The fraction of sp³-hybridized carbons (Fsp3) is 0.133. The number of phenolic OH excluding ortho intramolecular Hbond substituents is 3. The van der Waals surface area contributed by atoms with Gasteiger partial charge in [0.05, 0.1) is 0 Å². The standard InChI is InChI=1S/C15H12O5/c1-7-2-11(18)15-12(19)5-8-4-9(16)10(17)6-13(8)20-14(15)3-7/h2-4,6,16-18H,5H2,1H3. The van der Waals surface area contributed by atoms with Gasteiger partial charge in [0, 0.05) is 18.1 Å². The number of benzene rings is 2. The first kappa shape index (κ1) is 12.3. The van der Waals surface area contributed by atoms with Crippen LogP contribution in [-0.4, -0.2) is 21.1 Å². The summed E-state index contributed by atoms with van der Waals surface area (Å²) in [6.45, 7) is 1.77. The molecule has 0 aliphatic carbocycles. The fourth-order valence-electron chi connectivity index (χ4n) is 2.31. The van der Waals surface area contributed by atoms with Crippen molar-refractivity contribution in [3.8, 4) is 28.7 Å².